The van der Waals surface area contributed by atoms with E-state index in [-0.39, 0.29) is 0 Å². The van der Waals surface area contributed by atoms with Crippen molar-refractivity contribution in [1.82, 2.24) is 0 Å². The van der Waals surface area contributed by atoms with E-state index in [1.807, 2.05) is 0 Å². The molecule has 0 radical (unpaired) electrons. The second-order valence-electron chi connectivity index (χ2n) is 7.22. The van der Waals surface area contributed by atoms with Crippen LogP contribution in [0.1, 0.15) is 78.1 Å². The summed E-state index contributed by atoms with van der Waals surface area (Å²) in [5, 5.41) is 0. The van der Waals surface area contributed by atoms with Crippen LogP contribution in [0.2, 0.25) is 0 Å². The zero-order chi connectivity index (χ0) is 13.0. The normalized spacial score (nSPS) is 37.4. The molecule has 0 saturated heterocycles. The maximum atomic E-state index is 12.2. The van der Waals surface area contributed by atoms with Crippen LogP contribution >= 0.6 is 0 Å². The lowest BCUT2D eigenvalue weighted by atomic mass is 9.77. The quantitative estimate of drug-likeness (QED) is 0.687. The highest BCUT2D eigenvalue weighted by Crippen LogP contribution is 2.34. The van der Waals surface area contributed by atoms with Gasteiger partial charge in [0.2, 0.25) is 0 Å². The van der Waals surface area contributed by atoms with Gasteiger partial charge in [-0.05, 0) is 36.5 Å². The van der Waals surface area contributed by atoms with E-state index in [0.717, 1.165) is 24.7 Å². The van der Waals surface area contributed by atoms with Crippen molar-refractivity contribution in [2.45, 2.75) is 78.1 Å². The monoisotopic (exact) mass is 250 g/mol. The Kier molecular flexibility index (Phi) is 5.26. The third-order valence-electron chi connectivity index (χ3n) is 5.12. The first-order valence-corrected chi connectivity index (χ1v) is 8.15. The van der Waals surface area contributed by atoms with E-state index in [1.165, 1.54) is 51.4 Å². The molecule has 2 rings (SSSR count). The van der Waals surface area contributed by atoms with Gasteiger partial charge in [-0.15, -0.1) is 0 Å². The lowest BCUT2D eigenvalue weighted by Crippen LogP contribution is -2.20. The predicted molar refractivity (Wildman–Crippen MR) is 76.5 cm³/mol. The van der Waals surface area contributed by atoms with Crippen LogP contribution in [0.25, 0.3) is 0 Å². The average molecular weight is 250 g/mol. The number of ketones is 1. The highest BCUT2D eigenvalue weighted by molar-refractivity contribution is 5.78. The molecular formula is C17H30O. The Hall–Kier alpha value is -0.330. The van der Waals surface area contributed by atoms with E-state index in [4.69, 9.17) is 0 Å². The second kappa shape index (κ2) is 6.73. The summed E-state index contributed by atoms with van der Waals surface area (Å²) in [6.45, 7) is 4.69. The van der Waals surface area contributed by atoms with Crippen molar-refractivity contribution < 1.29 is 4.79 Å². The average Bonchev–Trinajstić information content (AvgIpc) is 2.28. The minimum atomic E-state index is 0.563. The molecule has 0 bridgehead atoms. The summed E-state index contributed by atoms with van der Waals surface area (Å²) in [6, 6.07) is 0. The van der Waals surface area contributed by atoms with Gasteiger partial charge in [0.25, 0.3) is 0 Å². The summed E-state index contributed by atoms with van der Waals surface area (Å²) < 4.78 is 0. The SMILES string of the molecule is CC1CCCC(CC(=O)CC2CCCC(C)C2)C1. The number of rotatable bonds is 4. The molecule has 1 nitrogen and oxygen atoms in total. The minimum absolute atomic E-state index is 0.563. The molecule has 2 fully saturated rings. The molecule has 0 aromatic carbocycles. The van der Waals surface area contributed by atoms with Gasteiger partial charge in [0.05, 0.1) is 0 Å². The van der Waals surface area contributed by atoms with Gasteiger partial charge in [-0.1, -0.05) is 52.4 Å². The summed E-state index contributed by atoms with van der Waals surface area (Å²) in [5.74, 6) is 3.69. The zero-order valence-electron chi connectivity index (χ0n) is 12.3. The molecule has 1 heteroatoms. The summed E-state index contributed by atoms with van der Waals surface area (Å²) in [5.41, 5.74) is 0. The van der Waals surface area contributed by atoms with Crippen LogP contribution in [0.3, 0.4) is 0 Å². The first-order chi connectivity index (χ1) is 8.63. The number of carbonyl (C=O) groups excluding carboxylic acids is 1. The molecule has 0 amide bonds. The van der Waals surface area contributed by atoms with Gasteiger partial charge in [0.1, 0.15) is 5.78 Å². The van der Waals surface area contributed by atoms with E-state index in [0.29, 0.717) is 17.6 Å². The van der Waals surface area contributed by atoms with Crippen LogP contribution in [-0.4, -0.2) is 5.78 Å². The van der Waals surface area contributed by atoms with Crippen LogP contribution in [-0.2, 0) is 4.79 Å². The first kappa shape index (κ1) is 14.1. The van der Waals surface area contributed by atoms with E-state index >= 15 is 0 Å². The van der Waals surface area contributed by atoms with Crippen LogP contribution in [0.4, 0.5) is 0 Å². The highest BCUT2D eigenvalue weighted by atomic mass is 16.1. The summed E-state index contributed by atoms with van der Waals surface area (Å²) >= 11 is 0. The molecule has 0 N–H and O–H groups in total. The molecule has 18 heavy (non-hydrogen) atoms. The summed E-state index contributed by atoms with van der Waals surface area (Å²) in [6.07, 6.45) is 12.4. The zero-order valence-corrected chi connectivity index (χ0v) is 12.3. The smallest absolute Gasteiger partial charge is 0.133 e. The van der Waals surface area contributed by atoms with Crippen molar-refractivity contribution in [3.63, 3.8) is 0 Å². The third-order valence-corrected chi connectivity index (χ3v) is 5.12. The number of carbonyl (C=O) groups is 1. The van der Waals surface area contributed by atoms with Crippen LogP contribution in [0, 0.1) is 23.7 Å². The van der Waals surface area contributed by atoms with Crippen molar-refractivity contribution in [1.29, 1.82) is 0 Å². The topological polar surface area (TPSA) is 17.1 Å². The summed E-state index contributed by atoms with van der Waals surface area (Å²) in [7, 11) is 0. The van der Waals surface area contributed by atoms with Gasteiger partial charge in [-0.2, -0.15) is 0 Å². The molecule has 4 unspecified atom stereocenters. The van der Waals surface area contributed by atoms with Crippen LogP contribution in [0.5, 0.6) is 0 Å². The number of hydrogen-bond donors (Lipinski definition) is 0. The Morgan fingerprint density at radius 1 is 0.833 bits per heavy atom. The molecule has 0 spiro atoms. The maximum Gasteiger partial charge on any atom is 0.133 e. The fourth-order valence-electron chi connectivity index (χ4n) is 4.22. The van der Waals surface area contributed by atoms with Gasteiger partial charge in [-0.3, -0.25) is 4.79 Å². The van der Waals surface area contributed by atoms with Gasteiger partial charge in [0.15, 0.2) is 0 Å². The molecule has 0 heterocycles. The van der Waals surface area contributed by atoms with Crippen molar-refractivity contribution in [2.24, 2.45) is 23.7 Å². The Balaban J connectivity index is 1.71. The van der Waals surface area contributed by atoms with E-state index in [9.17, 15) is 4.79 Å². The fraction of sp³-hybridized carbons (Fsp3) is 0.941. The minimum Gasteiger partial charge on any atom is -0.300 e. The fourth-order valence-corrected chi connectivity index (χ4v) is 4.22. The predicted octanol–water partition coefficient (Wildman–Crippen LogP) is 4.99. The van der Waals surface area contributed by atoms with Crippen molar-refractivity contribution in [3.05, 3.63) is 0 Å². The molecule has 0 aromatic rings. The number of Topliss-reactive ketones (excluding diaryl/α,β-unsaturated/α-hetero) is 1. The molecule has 0 aromatic heterocycles. The molecule has 2 aliphatic carbocycles. The summed E-state index contributed by atoms with van der Waals surface area (Å²) in [4.78, 5) is 12.2. The lowest BCUT2D eigenvalue weighted by molar-refractivity contribution is -0.121. The standard InChI is InChI=1S/C17H30O/c1-13-5-3-7-15(9-13)11-17(18)12-16-8-4-6-14(2)10-16/h13-16H,3-12H2,1-2H3. The van der Waals surface area contributed by atoms with Gasteiger partial charge < -0.3 is 0 Å². The molecule has 2 aliphatic rings. The highest BCUT2D eigenvalue weighted by Gasteiger charge is 2.25. The Labute approximate surface area is 113 Å². The van der Waals surface area contributed by atoms with E-state index in [1.54, 1.807) is 0 Å². The third kappa shape index (κ3) is 4.40. The lowest BCUT2D eigenvalue weighted by Gasteiger charge is -2.28. The van der Waals surface area contributed by atoms with Crippen molar-refractivity contribution >= 4 is 5.78 Å². The van der Waals surface area contributed by atoms with Crippen molar-refractivity contribution in [3.8, 4) is 0 Å². The van der Waals surface area contributed by atoms with Crippen LogP contribution in [0.15, 0.2) is 0 Å². The number of hydrogen-bond acceptors (Lipinski definition) is 1. The molecule has 0 aliphatic heterocycles. The van der Waals surface area contributed by atoms with Crippen molar-refractivity contribution in [2.75, 3.05) is 0 Å². The van der Waals surface area contributed by atoms with E-state index < -0.39 is 0 Å². The second-order valence-corrected chi connectivity index (χ2v) is 7.22. The van der Waals surface area contributed by atoms with Gasteiger partial charge in [-0.25, -0.2) is 0 Å². The van der Waals surface area contributed by atoms with Gasteiger partial charge >= 0.3 is 0 Å². The Bertz CT molecular complexity index is 245. The first-order valence-electron chi connectivity index (χ1n) is 8.15. The molecule has 2 saturated carbocycles. The Morgan fingerprint density at radius 2 is 1.28 bits per heavy atom. The maximum absolute atomic E-state index is 12.2. The Morgan fingerprint density at radius 3 is 1.67 bits per heavy atom. The molecular weight excluding hydrogens is 220 g/mol. The van der Waals surface area contributed by atoms with Crippen LogP contribution < -0.4 is 0 Å². The molecule has 4 atom stereocenters. The van der Waals surface area contributed by atoms with E-state index in [2.05, 4.69) is 13.8 Å². The largest absolute Gasteiger partial charge is 0.300 e. The molecule has 104 valence electrons. The van der Waals surface area contributed by atoms with Gasteiger partial charge in [0, 0.05) is 12.8 Å².